The molecule has 2 atom stereocenters. The largest absolute Gasteiger partial charge is 0.348 e. The zero-order valence-corrected chi connectivity index (χ0v) is 20.2. The maximum atomic E-state index is 13.4. The highest BCUT2D eigenvalue weighted by Gasteiger charge is 2.23. The monoisotopic (exact) mass is 484 g/mol. The van der Waals surface area contributed by atoms with Gasteiger partial charge >= 0.3 is 0 Å². The number of hydrogen-bond acceptors (Lipinski definition) is 6. The lowest BCUT2D eigenvalue weighted by Gasteiger charge is -2.26. The minimum absolute atomic E-state index is 0.0182. The molecule has 2 aromatic carbocycles. The highest BCUT2D eigenvalue weighted by atomic mass is 16.2. The van der Waals surface area contributed by atoms with Crippen LogP contribution in [-0.2, 0) is 22.6 Å². The lowest BCUT2D eigenvalue weighted by molar-refractivity contribution is -0.122. The van der Waals surface area contributed by atoms with Crippen molar-refractivity contribution in [2.75, 3.05) is 12.4 Å². The lowest BCUT2D eigenvalue weighted by atomic mass is 9.88. The standard InChI is InChI=1S/C27H28N6O3/c1-17(29-2)26(35)32-23-15-30-25(20-12-10-18(14-28)11-13-20)33(27(23)36)16-24(34)31-22-9-5-7-19-6-3-4-8-21(19)22/h3-4,6,8,10-13,15,17,22,29H,5,7,9,16H2,1-2H3,(H,31,34)(H,32,35)/t17?,22-/m1/s1. The number of carbonyl (C=O) groups excluding carboxylic acids is 2. The third kappa shape index (κ3) is 5.34. The van der Waals surface area contributed by atoms with Gasteiger partial charge in [-0.1, -0.05) is 24.3 Å². The summed E-state index contributed by atoms with van der Waals surface area (Å²) in [5.74, 6) is -0.455. The van der Waals surface area contributed by atoms with Crippen molar-refractivity contribution in [2.24, 2.45) is 0 Å². The second kappa shape index (κ2) is 11.0. The highest BCUT2D eigenvalue weighted by molar-refractivity contribution is 5.94. The van der Waals surface area contributed by atoms with Crippen LogP contribution < -0.4 is 21.5 Å². The summed E-state index contributed by atoms with van der Waals surface area (Å²) < 4.78 is 1.26. The molecule has 3 aromatic rings. The van der Waals surface area contributed by atoms with Gasteiger partial charge in [0.05, 0.1) is 29.9 Å². The van der Waals surface area contributed by atoms with Crippen LogP contribution in [0.25, 0.3) is 11.4 Å². The fourth-order valence-electron chi connectivity index (χ4n) is 4.31. The molecule has 1 aliphatic rings. The van der Waals surface area contributed by atoms with E-state index in [9.17, 15) is 14.4 Å². The van der Waals surface area contributed by atoms with E-state index in [4.69, 9.17) is 5.26 Å². The molecule has 1 heterocycles. The molecular formula is C27H28N6O3. The zero-order chi connectivity index (χ0) is 25.7. The molecule has 3 N–H and O–H groups in total. The maximum Gasteiger partial charge on any atom is 0.278 e. The first kappa shape index (κ1) is 24.8. The number of benzene rings is 2. The summed E-state index contributed by atoms with van der Waals surface area (Å²) in [4.78, 5) is 43.4. The average Bonchev–Trinajstić information content (AvgIpc) is 2.90. The van der Waals surface area contributed by atoms with Gasteiger partial charge in [-0.3, -0.25) is 19.0 Å². The number of nitrogens with zero attached hydrogens (tertiary/aromatic N) is 3. The molecule has 36 heavy (non-hydrogen) atoms. The zero-order valence-electron chi connectivity index (χ0n) is 20.2. The van der Waals surface area contributed by atoms with Gasteiger partial charge in [-0.25, -0.2) is 4.98 Å². The van der Waals surface area contributed by atoms with Crippen molar-refractivity contribution in [2.45, 2.75) is 44.8 Å². The second-order valence-electron chi connectivity index (χ2n) is 8.79. The average molecular weight is 485 g/mol. The van der Waals surface area contributed by atoms with E-state index in [2.05, 4.69) is 33.1 Å². The van der Waals surface area contributed by atoms with Gasteiger partial charge in [0, 0.05) is 5.56 Å². The molecule has 0 saturated carbocycles. The molecule has 0 bridgehead atoms. The Morgan fingerprint density at radius 3 is 2.67 bits per heavy atom. The fraction of sp³-hybridized carbons (Fsp3) is 0.296. The number of rotatable bonds is 7. The molecule has 0 fully saturated rings. The van der Waals surface area contributed by atoms with Crippen molar-refractivity contribution >= 4 is 17.5 Å². The quantitative estimate of drug-likeness (QED) is 0.473. The Kier molecular flexibility index (Phi) is 7.56. The molecule has 1 aliphatic carbocycles. The summed E-state index contributed by atoms with van der Waals surface area (Å²) >= 11 is 0. The van der Waals surface area contributed by atoms with E-state index in [1.807, 2.05) is 18.2 Å². The van der Waals surface area contributed by atoms with Gasteiger partial charge < -0.3 is 16.0 Å². The molecule has 2 amide bonds. The van der Waals surface area contributed by atoms with Crippen molar-refractivity contribution in [1.82, 2.24) is 20.2 Å². The van der Waals surface area contributed by atoms with E-state index in [1.165, 1.54) is 16.3 Å². The minimum Gasteiger partial charge on any atom is -0.348 e. The van der Waals surface area contributed by atoms with Crippen LogP contribution in [0.1, 0.15) is 42.5 Å². The van der Waals surface area contributed by atoms with E-state index in [-0.39, 0.29) is 30.0 Å². The summed E-state index contributed by atoms with van der Waals surface area (Å²) in [6.45, 7) is 1.40. The molecule has 0 spiro atoms. The third-order valence-corrected chi connectivity index (χ3v) is 6.41. The number of nitrogens with one attached hydrogen (secondary N) is 3. The molecule has 9 nitrogen and oxygen atoms in total. The molecule has 1 unspecified atom stereocenters. The van der Waals surface area contributed by atoms with Gasteiger partial charge in [0.2, 0.25) is 11.8 Å². The van der Waals surface area contributed by atoms with Gasteiger partial charge in [0.1, 0.15) is 18.1 Å². The van der Waals surface area contributed by atoms with Crippen molar-refractivity contribution in [3.05, 3.63) is 81.8 Å². The number of likely N-dealkylation sites (N-methyl/N-ethyl adjacent to an activating group) is 1. The van der Waals surface area contributed by atoms with Crippen molar-refractivity contribution in [3.63, 3.8) is 0 Å². The molecule has 4 rings (SSSR count). The number of anilines is 1. The Morgan fingerprint density at radius 1 is 1.19 bits per heavy atom. The van der Waals surface area contributed by atoms with Crippen molar-refractivity contribution in [1.29, 1.82) is 5.26 Å². The molecule has 0 saturated heterocycles. The number of fused-ring (bicyclic) bond motifs is 1. The van der Waals surface area contributed by atoms with Crippen LogP contribution in [0.2, 0.25) is 0 Å². The van der Waals surface area contributed by atoms with E-state index in [0.29, 0.717) is 11.1 Å². The topological polar surface area (TPSA) is 129 Å². The number of aromatic nitrogens is 2. The van der Waals surface area contributed by atoms with Crippen LogP contribution in [0.5, 0.6) is 0 Å². The van der Waals surface area contributed by atoms with Crippen LogP contribution in [0.4, 0.5) is 5.69 Å². The predicted molar refractivity (Wildman–Crippen MR) is 136 cm³/mol. The van der Waals surface area contributed by atoms with Gasteiger partial charge in [-0.2, -0.15) is 5.26 Å². The number of amides is 2. The van der Waals surface area contributed by atoms with Crippen LogP contribution in [0.15, 0.2) is 59.5 Å². The van der Waals surface area contributed by atoms with Crippen LogP contribution in [0.3, 0.4) is 0 Å². The minimum atomic E-state index is -0.541. The summed E-state index contributed by atoms with van der Waals surface area (Å²) in [7, 11) is 1.64. The second-order valence-corrected chi connectivity index (χ2v) is 8.79. The smallest absolute Gasteiger partial charge is 0.278 e. The Morgan fingerprint density at radius 2 is 1.94 bits per heavy atom. The Balaban J connectivity index is 1.66. The van der Waals surface area contributed by atoms with E-state index >= 15 is 0 Å². The summed E-state index contributed by atoms with van der Waals surface area (Å²) in [6.07, 6.45) is 4.05. The third-order valence-electron chi connectivity index (χ3n) is 6.41. The maximum absolute atomic E-state index is 13.4. The summed E-state index contributed by atoms with van der Waals surface area (Å²) in [5, 5.41) is 17.6. The Hall–Kier alpha value is -4.29. The fourth-order valence-corrected chi connectivity index (χ4v) is 4.31. The van der Waals surface area contributed by atoms with Gasteiger partial charge in [0.15, 0.2) is 0 Å². The van der Waals surface area contributed by atoms with Crippen molar-refractivity contribution in [3.8, 4) is 17.5 Å². The van der Waals surface area contributed by atoms with Gasteiger partial charge in [-0.15, -0.1) is 0 Å². The van der Waals surface area contributed by atoms with E-state index in [1.54, 1.807) is 38.2 Å². The Bertz CT molecular complexity index is 1370. The number of hydrogen-bond donors (Lipinski definition) is 3. The number of aryl methyl sites for hydroxylation is 1. The summed E-state index contributed by atoms with van der Waals surface area (Å²) in [5.41, 5.74) is 2.79. The highest BCUT2D eigenvalue weighted by Crippen LogP contribution is 2.29. The summed E-state index contributed by atoms with van der Waals surface area (Å²) in [6, 6.07) is 16.0. The molecule has 0 radical (unpaired) electrons. The van der Waals surface area contributed by atoms with Crippen molar-refractivity contribution < 1.29 is 9.59 Å². The normalized spacial score (nSPS) is 15.3. The van der Waals surface area contributed by atoms with Crippen LogP contribution in [0, 0.1) is 11.3 Å². The predicted octanol–water partition coefficient (Wildman–Crippen LogP) is 2.52. The first-order valence-electron chi connectivity index (χ1n) is 11.9. The number of nitriles is 1. The first-order chi connectivity index (χ1) is 17.4. The Labute approximate surface area is 209 Å². The molecule has 1 aromatic heterocycles. The van der Waals surface area contributed by atoms with Crippen LogP contribution >= 0.6 is 0 Å². The van der Waals surface area contributed by atoms with E-state index in [0.717, 1.165) is 24.8 Å². The van der Waals surface area contributed by atoms with Gasteiger partial charge in [0.25, 0.3) is 5.56 Å². The molecule has 184 valence electrons. The van der Waals surface area contributed by atoms with Crippen LogP contribution in [-0.4, -0.2) is 34.5 Å². The molecular weight excluding hydrogens is 456 g/mol. The lowest BCUT2D eigenvalue weighted by Crippen LogP contribution is -2.40. The van der Waals surface area contributed by atoms with E-state index < -0.39 is 17.5 Å². The first-order valence-corrected chi connectivity index (χ1v) is 11.9. The SMILES string of the molecule is CNC(C)C(=O)Nc1cnc(-c2ccc(C#N)cc2)n(CC(=O)N[C@@H]2CCCc3ccccc32)c1=O. The number of carbonyl (C=O) groups is 2. The molecule has 9 heteroatoms. The molecule has 0 aliphatic heterocycles. The van der Waals surface area contributed by atoms with Gasteiger partial charge in [-0.05, 0) is 68.6 Å².